The molecule has 1 fully saturated rings. The molecule has 4 rings (SSSR count). The van der Waals surface area contributed by atoms with Crippen LogP contribution in [0.25, 0.3) is 10.9 Å². The number of anilines is 1. The Kier molecular flexibility index (Phi) is 5.86. The lowest BCUT2D eigenvalue weighted by Gasteiger charge is -2.31. The van der Waals surface area contributed by atoms with Gasteiger partial charge in [-0.25, -0.2) is 0 Å². The maximum Gasteiger partial charge on any atom is 0.238 e. The first-order valence-corrected chi connectivity index (χ1v) is 10.4. The molecule has 5 nitrogen and oxygen atoms in total. The third-order valence-corrected chi connectivity index (χ3v) is 5.93. The fourth-order valence-electron chi connectivity index (χ4n) is 4.26. The van der Waals surface area contributed by atoms with Crippen LogP contribution in [0.15, 0.2) is 48.7 Å². The maximum atomic E-state index is 12.5. The number of aromatic amines is 1. The summed E-state index contributed by atoms with van der Waals surface area (Å²) in [6, 6.07) is 14.3. The van der Waals surface area contributed by atoms with Crippen molar-refractivity contribution in [3.63, 3.8) is 0 Å². The monoisotopic (exact) mass is 391 g/mol. The highest BCUT2D eigenvalue weighted by molar-refractivity contribution is 5.92. The molecule has 5 heteroatoms. The number of nitrogens with one attached hydrogen (secondary N) is 2. The van der Waals surface area contributed by atoms with E-state index in [1.807, 2.05) is 18.2 Å². The number of carbonyl (C=O) groups is 1. The van der Waals surface area contributed by atoms with Gasteiger partial charge in [0.15, 0.2) is 0 Å². The van der Waals surface area contributed by atoms with Crippen LogP contribution in [0.3, 0.4) is 0 Å². The van der Waals surface area contributed by atoms with Gasteiger partial charge in [0.2, 0.25) is 5.91 Å². The van der Waals surface area contributed by atoms with Crippen LogP contribution in [-0.4, -0.2) is 42.5 Å². The van der Waals surface area contributed by atoms with Crippen LogP contribution in [0.1, 0.15) is 36.8 Å². The molecule has 0 spiro atoms. The summed E-state index contributed by atoms with van der Waals surface area (Å²) in [6.45, 7) is 4.44. The first kappa shape index (κ1) is 19.5. The highest BCUT2D eigenvalue weighted by atomic mass is 16.5. The third-order valence-electron chi connectivity index (χ3n) is 5.93. The van der Waals surface area contributed by atoms with Gasteiger partial charge in [0.25, 0.3) is 0 Å². The van der Waals surface area contributed by atoms with Gasteiger partial charge in [0.1, 0.15) is 5.75 Å². The fraction of sp³-hybridized carbons (Fsp3) is 0.375. The average molecular weight is 392 g/mol. The third kappa shape index (κ3) is 4.46. The van der Waals surface area contributed by atoms with E-state index >= 15 is 0 Å². The molecule has 0 bridgehead atoms. The van der Waals surface area contributed by atoms with E-state index in [2.05, 4.69) is 52.6 Å². The SMILES string of the molecule is CCc1cccc(NC(=O)CN2CCC(c3c[nH]c4ccc(OC)cc34)CC2)c1. The topological polar surface area (TPSA) is 57.4 Å². The van der Waals surface area contributed by atoms with Crippen molar-refractivity contribution in [1.82, 2.24) is 9.88 Å². The predicted molar refractivity (Wildman–Crippen MR) is 118 cm³/mol. The molecule has 29 heavy (non-hydrogen) atoms. The molecule has 0 unspecified atom stereocenters. The van der Waals surface area contributed by atoms with Gasteiger partial charge in [0, 0.05) is 22.8 Å². The summed E-state index contributed by atoms with van der Waals surface area (Å²) in [5, 5.41) is 4.29. The van der Waals surface area contributed by atoms with E-state index in [1.165, 1.54) is 16.5 Å². The van der Waals surface area contributed by atoms with Gasteiger partial charge in [-0.15, -0.1) is 0 Å². The Hall–Kier alpha value is -2.79. The number of nitrogens with zero attached hydrogens (tertiary/aromatic N) is 1. The van der Waals surface area contributed by atoms with Crippen molar-refractivity contribution >= 4 is 22.5 Å². The summed E-state index contributed by atoms with van der Waals surface area (Å²) in [6.07, 6.45) is 5.22. The molecule has 1 aromatic heterocycles. The Balaban J connectivity index is 1.34. The largest absolute Gasteiger partial charge is 0.497 e. The minimum absolute atomic E-state index is 0.0635. The molecule has 3 aromatic rings. The molecule has 2 aromatic carbocycles. The zero-order valence-corrected chi connectivity index (χ0v) is 17.2. The van der Waals surface area contributed by atoms with Gasteiger partial charge in [-0.2, -0.15) is 0 Å². The number of benzene rings is 2. The van der Waals surface area contributed by atoms with Crippen molar-refractivity contribution < 1.29 is 9.53 Å². The number of H-pyrrole nitrogens is 1. The molecule has 1 saturated heterocycles. The Bertz CT molecular complexity index is 987. The summed E-state index contributed by atoms with van der Waals surface area (Å²) < 4.78 is 5.39. The molecular weight excluding hydrogens is 362 g/mol. The fourth-order valence-corrected chi connectivity index (χ4v) is 4.26. The molecule has 0 atom stereocenters. The normalized spacial score (nSPS) is 15.5. The van der Waals surface area contributed by atoms with Crippen molar-refractivity contribution in [2.24, 2.45) is 0 Å². The molecule has 1 aliphatic rings. The Morgan fingerprint density at radius 2 is 2.03 bits per heavy atom. The molecule has 0 radical (unpaired) electrons. The highest BCUT2D eigenvalue weighted by Gasteiger charge is 2.24. The van der Waals surface area contributed by atoms with Crippen LogP contribution in [-0.2, 0) is 11.2 Å². The molecule has 0 aliphatic carbocycles. The Morgan fingerprint density at radius 3 is 2.79 bits per heavy atom. The number of aromatic nitrogens is 1. The number of fused-ring (bicyclic) bond motifs is 1. The van der Waals surface area contributed by atoms with Gasteiger partial charge in [-0.05, 0) is 79.7 Å². The second kappa shape index (κ2) is 8.70. The second-order valence-electron chi connectivity index (χ2n) is 7.81. The molecular formula is C24H29N3O2. The first-order chi connectivity index (χ1) is 14.2. The van der Waals surface area contributed by atoms with Gasteiger partial charge < -0.3 is 15.0 Å². The van der Waals surface area contributed by atoms with Crippen molar-refractivity contribution in [3.8, 4) is 5.75 Å². The highest BCUT2D eigenvalue weighted by Crippen LogP contribution is 2.34. The van der Waals surface area contributed by atoms with Crippen LogP contribution in [0.2, 0.25) is 0 Å². The second-order valence-corrected chi connectivity index (χ2v) is 7.81. The lowest BCUT2D eigenvalue weighted by Crippen LogP contribution is -2.38. The van der Waals surface area contributed by atoms with Crippen LogP contribution in [0, 0.1) is 0 Å². The van der Waals surface area contributed by atoms with E-state index in [1.54, 1.807) is 7.11 Å². The lowest BCUT2D eigenvalue weighted by atomic mass is 9.89. The number of hydrogen-bond acceptors (Lipinski definition) is 3. The van der Waals surface area contributed by atoms with Crippen LogP contribution >= 0.6 is 0 Å². The van der Waals surface area contributed by atoms with E-state index in [4.69, 9.17) is 4.74 Å². The maximum absolute atomic E-state index is 12.5. The predicted octanol–water partition coefficient (Wildman–Crippen LogP) is 4.56. The van der Waals surface area contributed by atoms with Crippen molar-refractivity contribution in [2.45, 2.75) is 32.1 Å². The number of amides is 1. The standard InChI is InChI=1S/C24H29N3O2/c1-3-17-5-4-6-19(13-17)26-24(28)16-27-11-9-18(10-12-27)22-15-25-23-8-7-20(29-2)14-21(22)23/h4-8,13-15,18,25H,3,9-12,16H2,1-2H3,(H,26,28). The number of ether oxygens (including phenoxy) is 1. The van der Waals surface area contributed by atoms with E-state index in [-0.39, 0.29) is 5.91 Å². The lowest BCUT2D eigenvalue weighted by molar-refractivity contribution is -0.117. The average Bonchev–Trinajstić information content (AvgIpc) is 3.17. The van der Waals surface area contributed by atoms with Gasteiger partial charge in [0.05, 0.1) is 13.7 Å². The van der Waals surface area contributed by atoms with Gasteiger partial charge in [-0.3, -0.25) is 9.69 Å². The summed E-state index contributed by atoms with van der Waals surface area (Å²) >= 11 is 0. The molecule has 2 N–H and O–H groups in total. The van der Waals surface area contributed by atoms with Crippen LogP contribution in [0.5, 0.6) is 5.75 Å². The minimum atomic E-state index is 0.0635. The summed E-state index contributed by atoms with van der Waals surface area (Å²) in [4.78, 5) is 18.1. The molecule has 2 heterocycles. The molecule has 1 amide bonds. The van der Waals surface area contributed by atoms with E-state index in [0.29, 0.717) is 12.5 Å². The quantitative estimate of drug-likeness (QED) is 0.648. The number of hydrogen-bond donors (Lipinski definition) is 2. The zero-order chi connectivity index (χ0) is 20.2. The smallest absolute Gasteiger partial charge is 0.238 e. The molecule has 0 saturated carbocycles. The summed E-state index contributed by atoms with van der Waals surface area (Å²) in [5.41, 5.74) is 4.63. The van der Waals surface area contributed by atoms with Crippen LogP contribution < -0.4 is 10.1 Å². The molecule has 1 aliphatic heterocycles. The van der Waals surface area contributed by atoms with Crippen molar-refractivity contribution in [2.75, 3.05) is 32.1 Å². The van der Waals surface area contributed by atoms with Crippen molar-refractivity contribution in [3.05, 3.63) is 59.8 Å². The van der Waals surface area contributed by atoms with Crippen molar-refractivity contribution in [1.29, 1.82) is 0 Å². The minimum Gasteiger partial charge on any atom is -0.497 e. The Labute approximate surface area is 172 Å². The van der Waals surface area contributed by atoms with E-state index in [0.717, 1.165) is 49.3 Å². The first-order valence-electron chi connectivity index (χ1n) is 10.4. The number of carbonyl (C=O) groups excluding carboxylic acids is 1. The van der Waals surface area contributed by atoms with E-state index < -0.39 is 0 Å². The summed E-state index contributed by atoms with van der Waals surface area (Å²) in [7, 11) is 1.70. The molecule has 152 valence electrons. The number of rotatable bonds is 6. The van der Waals surface area contributed by atoms with Crippen LogP contribution in [0.4, 0.5) is 5.69 Å². The van der Waals surface area contributed by atoms with E-state index in [9.17, 15) is 4.79 Å². The zero-order valence-electron chi connectivity index (χ0n) is 17.2. The van der Waals surface area contributed by atoms with Gasteiger partial charge in [-0.1, -0.05) is 19.1 Å². The van der Waals surface area contributed by atoms with Gasteiger partial charge >= 0.3 is 0 Å². The summed E-state index contributed by atoms with van der Waals surface area (Å²) in [5.74, 6) is 1.46. The number of piperidine rings is 1. The number of aryl methyl sites for hydroxylation is 1. The number of methoxy groups -OCH3 is 1. The Morgan fingerprint density at radius 1 is 1.21 bits per heavy atom. The number of likely N-dealkylation sites (tertiary alicyclic amines) is 1.